The maximum absolute atomic E-state index is 10.4. The molecule has 0 fully saturated rings. The average molecular weight is 415 g/mol. The van der Waals surface area contributed by atoms with Crippen molar-refractivity contribution in [3.05, 3.63) is 70.4 Å². The molecule has 5 nitrogen and oxygen atoms in total. The minimum Gasteiger partial charge on any atom is -0.508 e. The summed E-state index contributed by atoms with van der Waals surface area (Å²) in [5, 5.41) is 27.9. The number of benzene rings is 2. The molecule has 0 aromatic heterocycles. The standard InChI is InChI=1S/C23H27ClN2O3/c1-5-29-22-11-10-16(12-18(22)24)19-13-20(17-8-6-7-9-21(17)27)26(25-19)15(2)14-23(3,4)28/h6-12,14,20,27-28H,5,13H2,1-4H3. The van der Waals surface area contributed by atoms with Crippen molar-refractivity contribution in [2.45, 2.75) is 45.8 Å². The van der Waals surface area contributed by atoms with Gasteiger partial charge in [0.2, 0.25) is 0 Å². The van der Waals surface area contributed by atoms with Gasteiger partial charge in [-0.3, -0.25) is 5.01 Å². The number of nitrogens with zero attached hydrogens (tertiary/aromatic N) is 2. The van der Waals surface area contributed by atoms with E-state index in [2.05, 4.69) is 0 Å². The van der Waals surface area contributed by atoms with E-state index in [1.54, 1.807) is 32.1 Å². The first-order chi connectivity index (χ1) is 13.7. The van der Waals surface area contributed by atoms with Crippen LogP contribution >= 0.6 is 11.6 Å². The van der Waals surface area contributed by atoms with E-state index in [0.29, 0.717) is 23.8 Å². The molecule has 1 unspecified atom stereocenters. The van der Waals surface area contributed by atoms with E-state index in [1.807, 2.05) is 49.2 Å². The molecule has 1 aliphatic rings. The third kappa shape index (κ3) is 4.92. The second kappa shape index (κ2) is 8.47. The number of allylic oxidation sites excluding steroid dienone is 1. The van der Waals surface area contributed by atoms with Crippen molar-refractivity contribution in [2.75, 3.05) is 6.61 Å². The lowest BCUT2D eigenvalue weighted by molar-refractivity contribution is 0.128. The van der Waals surface area contributed by atoms with Gasteiger partial charge in [-0.2, -0.15) is 5.10 Å². The second-order valence-corrected chi connectivity index (χ2v) is 8.09. The zero-order chi connectivity index (χ0) is 21.2. The van der Waals surface area contributed by atoms with Gasteiger partial charge < -0.3 is 14.9 Å². The molecule has 0 spiro atoms. The molecule has 0 radical (unpaired) electrons. The maximum Gasteiger partial charge on any atom is 0.137 e. The van der Waals surface area contributed by atoms with Gasteiger partial charge in [0.1, 0.15) is 11.5 Å². The average Bonchev–Trinajstić information content (AvgIpc) is 3.08. The summed E-state index contributed by atoms with van der Waals surface area (Å²) in [7, 11) is 0. The molecule has 2 N–H and O–H groups in total. The number of ether oxygens (including phenoxy) is 1. The van der Waals surface area contributed by atoms with E-state index in [1.165, 1.54) is 0 Å². The van der Waals surface area contributed by atoms with Crippen LogP contribution in [0.25, 0.3) is 0 Å². The van der Waals surface area contributed by atoms with Crippen LogP contribution in [0.4, 0.5) is 0 Å². The molecular weight excluding hydrogens is 388 g/mol. The molecule has 29 heavy (non-hydrogen) atoms. The van der Waals surface area contributed by atoms with E-state index in [9.17, 15) is 10.2 Å². The lowest BCUT2D eigenvalue weighted by atomic mass is 9.97. The van der Waals surface area contributed by atoms with Crippen molar-refractivity contribution in [1.82, 2.24) is 5.01 Å². The lowest BCUT2D eigenvalue weighted by Crippen LogP contribution is -2.22. The van der Waals surface area contributed by atoms with Crippen LogP contribution in [-0.4, -0.2) is 33.1 Å². The first-order valence-electron chi connectivity index (χ1n) is 9.68. The highest BCUT2D eigenvalue weighted by Crippen LogP contribution is 2.40. The number of rotatable bonds is 6. The summed E-state index contributed by atoms with van der Waals surface area (Å²) < 4.78 is 5.52. The van der Waals surface area contributed by atoms with Crippen molar-refractivity contribution >= 4 is 17.3 Å². The van der Waals surface area contributed by atoms with E-state index < -0.39 is 5.60 Å². The molecule has 1 aliphatic heterocycles. The Morgan fingerprint density at radius 2 is 2.03 bits per heavy atom. The molecular formula is C23H27ClN2O3. The molecule has 2 aromatic carbocycles. The van der Waals surface area contributed by atoms with Crippen molar-refractivity contribution in [2.24, 2.45) is 5.10 Å². The quantitative estimate of drug-likeness (QED) is 0.675. The van der Waals surface area contributed by atoms with Gasteiger partial charge in [0, 0.05) is 17.7 Å². The van der Waals surface area contributed by atoms with Crippen LogP contribution in [0.1, 0.15) is 51.3 Å². The molecule has 2 aromatic rings. The zero-order valence-electron chi connectivity index (χ0n) is 17.2. The first kappa shape index (κ1) is 21.2. The van der Waals surface area contributed by atoms with Crippen molar-refractivity contribution in [3.8, 4) is 11.5 Å². The van der Waals surface area contributed by atoms with Crippen LogP contribution in [0.2, 0.25) is 5.02 Å². The number of halogens is 1. The van der Waals surface area contributed by atoms with Crippen molar-refractivity contribution in [3.63, 3.8) is 0 Å². The van der Waals surface area contributed by atoms with Gasteiger partial charge in [-0.1, -0.05) is 29.8 Å². The molecule has 3 rings (SSSR count). The number of aromatic hydroxyl groups is 1. The zero-order valence-corrected chi connectivity index (χ0v) is 17.9. The number of para-hydroxylation sites is 1. The highest BCUT2D eigenvalue weighted by molar-refractivity contribution is 6.32. The van der Waals surface area contributed by atoms with Crippen LogP contribution in [0, 0.1) is 0 Å². The van der Waals surface area contributed by atoms with Crippen LogP contribution in [0.3, 0.4) is 0 Å². The Bertz CT molecular complexity index is 947. The number of phenols is 1. The highest BCUT2D eigenvalue weighted by atomic mass is 35.5. The molecule has 154 valence electrons. The number of hydrazone groups is 1. The Morgan fingerprint density at radius 3 is 2.66 bits per heavy atom. The first-order valence-corrected chi connectivity index (χ1v) is 10.1. The fourth-order valence-corrected chi connectivity index (χ4v) is 3.79. The van der Waals surface area contributed by atoms with E-state index in [0.717, 1.165) is 22.5 Å². The van der Waals surface area contributed by atoms with Gasteiger partial charge in [0.25, 0.3) is 0 Å². The third-order valence-corrected chi connectivity index (χ3v) is 4.99. The minimum atomic E-state index is -0.978. The molecule has 0 aliphatic carbocycles. The summed E-state index contributed by atoms with van der Waals surface area (Å²) in [5.74, 6) is 0.864. The molecule has 0 saturated heterocycles. The topological polar surface area (TPSA) is 65.3 Å². The smallest absolute Gasteiger partial charge is 0.137 e. The fourth-order valence-electron chi connectivity index (χ4n) is 3.55. The Morgan fingerprint density at radius 1 is 1.31 bits per heavy atom. The predicted molar refractivity (Wildman–Crippen MR) is 117 cm³/mol. The molecule has 6 heteroatoms. The predicted octanol–water partition coefficient (Wildman–Crippen LogP) is 5.27. The molecule has 1 atom stereocenters. The van der Waals surface area contributed by atoms with E-state index in [4.69, 9.17) is 21.4 Å². The summed E-state index contributed by atoms with van der Waals surface area (Å²) >= 11 is 6.37. The second-order valence-electron chi connectivity index (χ2n) is 7.69. The largest absolute Gasteiger partial charge is 0.508 e. The summed E-state index contributed by atoms with van der Waals surface area (Å²) in [6.45, 7) is 7.81. The number of hydrogen-bond donors (Lipinski definition) is 2. The SMILES string of the molecule is CCOc1ccc(C2=NN(C(C)=CC(C)(C)O)C(c3ccccc3O)C2)cc1Cl. The minimum absolute atomic E-state index is 0.185. The highest BCUT2D eigenvalue weighted by Gasteiger charge is 2.32. The third-order valence-electron chi connectivity index (χ3n) is 4.69. The Kier molecular flexibility index (Phi) is 6.20. The van der Waals surface area contributed by atoms with Gasteiger partial charge in [-0.05, 0) is 63.6 Å². The summed E-state index contributed by atoms with van der Waals surface area (Å²) in [6, 6.07) is 12.7. The maximum atomic E-state index is 10.4. The summed E-state index contributed by atoms with van der Waals surface area (Å²) in [5.41, 5.74) is 2.36. The number of phenolic OH excluding ortho intramolecular Hbond substituents is 1. The van der Waals surface area contributed by atoms with Crippen molar-refractivity contribution < 1.29 is 14.9 Å². The number of hydrogen-bond acceptors (Lipinski definition) is 5. The summed E-state index contributed by atoms with van der Waals surface area (Å²) in [6.07, 6.45) is 2.36. The molecule has 1 heterocycles. The van der Waals surface area contributed by atoms with Crippen LogP contribution in [0.15, 0.2) is 59.3 Å². The van der Waals surface area contributed by atoms with Gasteiger partial charge >= 0.3 is 0 Å². The van der Waals surface area contributed by atoms with Gasteiger partial charge in [0.15, 0.2) is 0 Å². The normalized spacial score (nSPS) is 17.4. The Hall–Kier alpha value is -2.50. The van der Waals surface area contributed by atoms with E-state index in [-0.39, 0.29) is 11.8 Å². The molecule has 0 amide bonds. The Balaban J connectivity index is 2.01. The van der Waals surface area contributed by atoms with Crippen LogP contribution in [0.5, 0.6) is 11.5 Å². The van der Waals surface area contributed by atoms with Gasteiger partial charge in [-0.15, -0.1) is 0 Å². The Labute approximate surface area is 176 Å². The van der Waals surface area contributed by atoms with E-state index >= 15 is 0 Å². The lowest BCUT2D eigenvalue weighted by Gasteiger charge is -2.26. The monoisotopic (exact) mass is 414 g/mol. The molecule has 0 saturated carbocycles. The summed E-state index contributed by atoms with van der Waals surface area (Å²) in [4.78, 5) is 0. The van der Waals surface area contributed by atoms with Crippen molar-refractivity contribution in [1.29, 1.82) is 0 Å². The number of aliphatic hydroxyl groups is 1. The van der Waals surface area contributed by atoms with Gasteiger partial charge in [-0.25, -0.2) is 0 Å². The molecule has 0 bridgehead atoms. The van der Waals surface area contributed by atoms with Gasteiger partial charge in [0.05, 0.1) is 29.0 Å². The fraction of sp³-hybridized carbons (Fsp3) is 0.348. The van der Waals surface area contributed by atoms with Crippen LogP contribution < -0.4 is 4.74 Å². The van der Waals surface area contributed by atoms with Crippen LogP contribution in [-0.2, 0) is 0 Å².